The monoisotopic (exact) mass is 267 g/mol. The summed E-state index contributed by atoms with van der Waals surface area (Å²) in [6.07, 6.45) is 3.89. The molecule has 0 heterocycles. The molecule has 0 aliphatic carbocycles. The van der Waals surface area contributed by atoms with Crippen LogP contribution in [0.25, 0.3) is 0 Å². The molecule has 0 atom stereocenters. The minimum atomic E-state index is -1.16. The lowest BCUT2D eigenvalue weighted by Gasteiger charge is -2.28. The van der Waals surface area contributed by atoms with Crippen molar-refractivity contribution in [2.24, 2.45) is 5.41 Å². The zero-order valence-corrected chi connectivity index (χ0v) is 11.7. The Balaban J connectivity index is 4.52. The van der Waals surface area contributed by atoms with Crippen LogP contribution in [0.4, 0.5) is 0 Å². The number of hydrogen-bond acceptors (Lipinski definition) is 5. The van der Waals surface area contributed by atoms with E-state index in [1.807, 2.05) is 12.5 Å². The molecule has 0 aliphatic rings. The summed E-state index contributed by atoms with van der Waals surface area (Å²) in [5.41, 5.74) is -1.16. The smallest absolute Gasteiger partial charge is 0.361 e. The molecule has 0 radical (unpaired) electrons. The lowest BCUT2D eigenvalue weighted by atomic mass is 9.92. The molecular weight excluding hydrogens is 244 g/mol. The second-order valence-corrected chi connectivity index (χ2v) is 7.53. The summed E-state index contributed by atoms with van der Waals surface area (Å²) in [6, 6.07) is 0. The maximum absolute atomic E-state index is 11.8. The Morgan fingerprint density at radius 2 is 1.53 bits per heavy atom. The first-order valence-electron chi connectivity index (χ1n) is 5.33. The zero-order chi connectivity index (χ0) is 13.7. The zero-order valence-electron chi connectivity index (χ0n) is 10.9. The van der Waals surface area contributed by atoms with Gasteiger partial charge < -0.3 is 20.1 Å². The predicted molar refractivity (Wildman–Crippen MR) is 67.9 cm³/mol. The third-order valence-corrected chi connectivity index (χ3v) is 5.24. The molecule has 0 saturated heterocycles. The topological polar surface area (TPSA) is 87.0 Å². The SMILES string of the molecule is C[S+](C)C(C)(C)C(=O)OCC(CO)(CO)CO. The summed E-state index contributed by atoms with van der Waals surface area (Å²) in [5.74, 6) is -0.384. The molecule has 0 aromatic carbocycles. The molecule has 0 amide bonds. The molecule has 0 fully saturated rings. The molecule has 0 aromatic rings. The van der Waals surface area contributed by atoms with Gasteiger partial charge in [0.15, 0.2) is 0 Å². The second kappa shape index (κ2) is 6.58. The molecule has 0 aromatic heterocycles. The van der Waals surface area contributed by atoms with Gasteiger partial charge >= 0.3 is 5.97 Å². The number of ether oxygens (including phenoxy) is 1. The predicted octanol–water partition coefficient (Wildman–Crippen LogP) is -0.851. The van der Waals surface area contributed by atoms with E-state index in [1.54, 1.807) is 13.8 Å². The number of esters is 1. The summed E-state index contributed by atoms with van der Waals surface area (Å²) in [5, 5.41) is 27.3. The van der Waals surface area contributed by atoms with Crippen molar-refractivity contribution in [2.45, 2.75) is 18.6 Å². The Labute approximate surface area is 105 Å². The molecule has 6 heteroatoms. The molecule has 0 bridgehead atoms. The van der Waals surface area contributed by atoms with E-state index in [0.29, 0.717) is 0 Å². The standard InChI is InChI=1S/C11H23O5S/c1-10(2,17(3)4)9(15)16-8-11(5-12,6-13)7-14/h12-14H,5-8H2,1-4H3/q+1. The van der Waals surface area contributed by atoms with Gasteiger partial charge in [-0.05, 0) is 24.7 Å². The van der Waals surface area contributed by atoms with E-state index in [0.717, 1.165) is 0 Å². The van der Waals surface area contributed by atoms with Crippen molar-refractivity contribution in [1.82, 2.24) is 0 Å². The van der Waals surface area contributed by atoms with Crippen molar-refractivity contribution in [3.63, 3.8) is 0 Å². The van der Waals surface area contributed by atoms with Gasteiger partial charge in [0, 0.05) is 0 Å². The van der Waals surface area contributed by atoms with Crippen molar-refractivity contribution in [3.05, 3.63) is 0 Å². The van der Waals surface area contributed by atoms with Crippen LogP contribution in [0.2, 0.25) is 0 Å². The Bertz CT molecular complexity index is 240. The fraction of sp³-hybridized carbons (Fsp3) is 0.909. The van der Waals surface area contributed by atoms with E-state index < -0.39 is 30.0 Å². The maximum atomic E-state index is 11.8. The normalized spacial score (nSPS) is 12.9. The van der Waals surface area contributed by atoms with Gasteiger partial charge in [-0.1, -0.05) is 0 Å². The van der Waals surface area contributed by atoms with Crippen LogP contribution in [0.1, 0.15) is 13.8 Å². The fourth-order valence-electron chi connectivity index (χ4n) is 0.846. The highest BCUT2D eigenvalue weighted by atomic mass is 32.2. The Kier molecular flexibility index (Phi) is 6.47. The van der Waals surface area contributed by atoms with Gasteiger partial charge in [-0.2, -0.15) is 0 Å². The van der Waals surface area contributed by atoms with Crippen molar-refractivity contribution < 1.29 is 24.9 Å². The van der Waals surface area contributed by atoms with Crippen LogP contribution < -0.4 is 0 Å². The van der Waals surface area contributed by atoms with Crippen molar-refractivity contribution in [3.8, 4) is 0 Å². The van der Waals surface area contributed by atoms with Crippen LogP contribution >= 0.6 is 0 Å². The Morgan fingerprint density at radius 1 is 1.12 bits per heavy atom. The average Bonchev–Trinajstić information content (AvgIpc) is 2.31. The number of carbonyl (C=O) groups is 1. The average molecular weight is 267 g/mol. The van der Waals surface area contributed by atoms with Gasteiger partial charge in [0.25, 0.3) is 0 Å². The number of aliphatic hydroxyl groups excluding tert-OH is 3. The van der Waals surface area contributed by atoms with Crippen LogP contribution in [0, 0.1) is 5.41 Å². The largest absolute Gasteiger partial charge is 0.461 e. The molecule has 0 rings (SSSR count). The summed E-state index contributed by atoms with van der Waals surface area (Å²) in [7, 11) is -0.152. The van der Waals surface area contributed by atoms with Gasteiger partial charge in [-0.15, -0.1) is 0 Å². The second-order valence-electron chi connectivity index (χ2n) is 4.88. The Hall–Kier alpha value is -0.300. The molecule has 17 heavy (non-hydrogen) atoms. The van der Waals surface area contributed by atoms with Gasteiger partial charge in [0.05, 0.1) is 37.7 Å². The highest BCUT2D eigenvalue weighted by Gasteiger charge is 2.43. The van der Waals surface area contributed by atoms with E-state index in [9.17, 15) is 4.79 Å². The summed E-state index contributed by atoms with van der Waals surface area (Å²) in [4.78, 5) is 11.8. The highest BCUT2D eigenvalue weighted by molar-refractivity contribution is 7.97. The minimum absolute atomic E-state index is 0.152. The quantitative estimate of drug-likeness (QED) is 0.413. The molecule has 0 spiro atoms. The molecule has 102 valence electrons. The number of aliphatic hydroxyl groups is 3. The van der Waals surface area contributed by atoms with E-state index in [-0.39, 0.29) is 23.5 Å². The van der Waals surface area contributed by atoms with Gasteiger partial charge in [-0.3, -0.25) is 0 Å². The summed E-state index contributed by atoms with van der Waals surface area (Å²) < 4.78 is 4.49. The molecule has 3 N–H and O–H groups in total. The number of hydrogen-bond donors (Lipinski definition) is 3. The van der Waals surface area contributed by atoms with Gasteiger partial charge in [-0.25, -0.2) is 4.79 Å². The molecular formula is C11H23O5S+. The van der Waals surface area contributed by atoms with Crippen molar-refractivity contribution >= 4 is 16.9 Å². The van der Waals surface area contributed by atoms with Gasteiger partial charge in [0.1, 0.15) is 6.61 Å². The van der Waals surface area contributed by atoms with Crippen LogP contribution in [-0.4, -0.2) is 65.0 Å². The van der Waals surface area contributed by atoms with Crippen LogP contribution in [0.5, 0.6) is 0 Å². The van der Waals surface area contributed by atoms with Crippen molar-refractivity contribution in [2.75, 3.05) is 38.9 Å². The third-order valence-electron chi connectivity index (χ3n) is 3.03. The fourth-order valence-corrected chi connectivity index (χ4v) is 1.24. The summed E-state index contributed by atoms with van der Waals surface area (Å²) >= 11 is 0. The van der Waals surface area contributed by atoms with Gasteiger partial charge in [0.2, 0.25) is 4.75 Å². The molecule has 0 aliphatic heterocycles. The molecule has 0 unspecified atom stereocenters. The minimum Gasteiger partial charge on any atom is -0.461 e. The number of rotatable bonds is 7. The third kappa shape index (κ3) is 4.13. The first-order chi connectivity index (χ1) is 7.75. The molecule has 5 nitrogen and oxygen atoms in total. The van der Waals surface area contributed by atoms with Crippen molar-refractivity contribution in [1.29, 1.82) is 0 Å². The van der Waals surface area contributed by atoms with Crippen LogP contribution in [-0.2, 0) is 20.4 Å². The van der Waals surface area contributed by atoms with Crippen LogP contribution in [0.15, 0.2) is 0 Å². The van der Waals surface area contributed by atoms with E-state index >= 15 is 0 Å². The molecule has 0 saturated carbocycles. The highest BCUT2D eigenvalue weighted by Crippen LogP contribution is 2.21. The first-order valence-corrected chi connectivity index (χ1v) is 7.37. The maximum Gasteiger partial charge on any atom is 0.361 e. The van der Waals surface area contributed by atoms with E-state index in [1.165, 1.54) is 0 Å². The number of carbonyl (C=O) groups excluding carboxylic acids is 1. The van der Waals surface area contributed by atoms with E-state index in [2.05, 4.69) is 0 Å². The van der Waals surface area contributed by atoms with Crippen LogP contribution in [0.3, 0.4) is 0 Å². The van der Waals surface area contributed by atoms with E-state index in [4.69, 9.17) is 20.1 Å². The summed E-state index contributed by atoms with van der Waals surface area (Å²) in [6.45, 7) is 2.09. The lowest BCUT2D eigenvalue weighted by molar-refractivity contribution is -0.153. The Morgan fingerprint density at radius 3 is 1.82 bits per heavy atom. The lowest BCUT2D eigenvalue weighted by Crippen LogP contribution is -2.45. The first kappa shape index (κ1) is 16.7.